The van der Waals surface area contributed by atoms with E-state index in [0.717, 1.165) is 43.3 Å². The maximum absolute atomic E-state index is 13.8. The fourth-order valence-electron chi connectivity index (χ4n) is 7.90. The zero-order valence-electron chi connectivity index (χ0n) is 21.0. The largest absolute Gasteiger partial charge is 0.481 e. The molecule has 0 aromatic heterocycles. The summed E-state index contributed by atoms with van der Waals surface area (Å²) in [5.41, 5.74) is 4.22. The Morgan fingerprint density at radius 3 is 2.58 bits per heavy atom. The smallest absolute Gasteiger partial charge is 0.310 e. The van der Waals surface area contributed by atoms with Crippen molar-refractivity contribution in [2.24, 2.45) is 40.4 Å². The van der Waals surface area contributed by atoms with Crippen LogP contribution in [0.2, 0.25) is 0 Å². The summed E-state index contributed by atoms with van der Waals surface area (Å²) < 4.78 is 0. The van der Waals surface area contributed by atoms with Gasteiger partial charge >= 0.3 is 5.97 Å². The quantitative estimate of drug-likeness (QED) is 0.479. The van der Waals surface area contributed by atoms with Gasteiger partial charge in [0.1, 0.15) is 5.78 Å². The van der Waals surface area contributed by atoms with E-state index in [9.17, 15) is 19.5 Å². The molecule has 0 radical (unpaired) electrons. The van der Waals surface area contributed by atoms with Crippen molar-refractivity contribution in [1.82, 2.24) is 0 Å². The van der Waals surface area contributed by atoms with Gasteiger partial charge in [0.25, 0.3) is 0 Å². The lowest BCUT2D eigenvalue weighted by molar-refractivity contribution is -0.140. The summed E-state index contributed by atoms with van der Waals surface area (Å²) in [7, 11) is 0. The lowest BCUT2D eigenvalue weighted by atomic mass is 9.49. The van der Waals surface area contributed by atoms with Gasteiger partial charge in [-0.25, -0.2) is 0 Å². The molecule has 1 fully saturated rings. The number of fused-ring (bicyclic) bond motifs is 4. The SMILES string of the molecule is C=C(CC[C@@H](C)[C@H]1CC=C2C3=C(C(=O)C[C@@]21C)[C@@]1(C)CCC(=O)[C@@H](C)[C@@H]1CC3)[C@@H](C)C(=O)O. The number of carbonyl (C=O) groups excluding carboxylic acids is 2. The predicted molar refractivity (Wildman–Crippen MR) is 130 cm³/mol. The van der Waals surface area contributed by atoms with Crippen molar-refractivity contribution >= 4 is 17.5 Å². The first-order valence-corrected chi connectivity index (χ1v) is 12.8. The van der Waals surface area contributed by atoms with Gasteiger partial charge in [0.05, 0.1) is 5.92 Å². The fourth-order valence-corrected chi connectivity index (χ4v) is 7.90. The number of carboxylic acids is 1. The second-order valence-electron chi connectivity index (χ2n) is 11.9. The molecular weight excluding hydrogens is 412 g/mol. The van der Waals surface area contributed by atoms with Gasteiger partial charge < -0.3 is 5.11 Å². The van der Waals surface area contributed by atoms with Crippen LogP contribution in [0.15, 0.2) is 34.9 Å². The molecule has 7 atom stereocenters. The number of hydrogen-bond acceptors (Lipinski definition) is 3. The molecule has 0 aromatic carbocycles. The summed E-state index contributed by atoms with van der Waals surface area (Å²) in [6.07, 6.45) is 8.85. The highest BCUT2D eigenvalue weighted by molar-refractivity contribution is 6.01. The summed E-state index contributed by atoms with van der Waals surface area (Å²) in [6, 6.07) is 0. The van der Waals surface area contributed by atoms with Gasteiger partial charge in [0, 0.05) is 35.2 Å². The molecule has 0 saturated heterocycles. The van der Waals surface area contributed by atoms with Crippen molar-refractivity contribution in [3.8, 4) is 0 Å². The topological polar surface area (TPSA) is 71.4 Å². The Kier molecular flexibility index (Phi) is 6.12. The molecule has 4 heteroatoms. The zero-order chi connectivity index (χ0) is 24.3. The van der Waals surface area contributed by atoms with Crippen molar-refractivity contribution in [3.63, 3.8) is 0 Å². The normalized spacial score (nSPS) is 37.6. The first kappa shape index (κ1) is 24.2. The minimum Gasteiger partial charge on any atom is -0.481 e. The van der Waals surface area contributed by atoms with Gasteiger partial charge in [0.15, 0.2) is 5.78 Å². The van der Waals surface area contributed by atoms with Crippen LogP contribution in [0.4, 0.5) is 0 Å². The number of aliphatic carboxylic acids is 1. The van der Waals surface area contributed by atoms with Crippen LogP contribution in [-0.4, -0.2) is 22.6 Å². The Hall–Kier alpha value is -1.97. The molecule has 0 spiro atoms. The van der Waals surface area contributed by atoms with Gasteiger partial charge in [-0.15, -0.1) is 0 Å². The highest BCUT2D eigenvalue weighted by Gasteiger charge is 2.57. The average molecular weight is 453 g/mol. The fraction of sp³-hybridized carbons (Fsp3) is 0.690. The first-order chi connectivity index (χ1) is 15.4. The molecule has 180 valence electrons. The Labute approximate surface area is 198 Å². The molecule has 33 heavy (non-hydrogen) atoms. The number of rotatable bonds is 6. The summed E-state index contributed by atoms with van der Waals surface area (Å²) in [4.78, 5) is 37.5. The van der Waals surface area contributed by atoms with E-state index in [1.807, 2.05) is 0 Å². The van der Waals surface area contributed by atoms with Crippen molar-refractivity contribution in [2.45, 2.75) is 86.0 Å². The molecule has 1 N–H and O–H groups in total. The summed E-state index contributed by atoms with van der Waals surface area (Å²) >= 11 is 0. The molecular formula is C29H40O4. The highest BCUT2D eigenvalue weighted by Crippen LogP contribution is 2.63. The monoisotopic (exact) mass is 452 g/mol. The minimum atomic E-state index is -0.815. The molecule has 4 nitrogen and oxygen atoms in total. The molecule has 4 aliphatic carbocycles. The maximum atomic E-state index is 13.8. The Morgan fingerprint density at radius 2 is 1.91 bits per heavy atom. The van der Waals surface area contributed by atoms with Crippen molar-refractivity contribution < 1.29 is 19.5 Å². The van der Waals surface area contributed by atoms with Crippen molar-refractivity contribution in [3.05, 3.63) is 34.9 Å². The molecule has 0 bridgehead atoms. The average Bonchev–Trinajstić information content (AvgIpc) is 3.10. The van der Waals surface area contributed by atoms with Crippen LogP contribution in [-0.2, 0) is 14.4 Å². The zero-order valence-corrected chi connectivity index (χ0v) is 21.0. The second-order valence-corrected chi connectivity index (χ2v) is 11.9. The standard InChI is InChI=1S/C29H40O4/c1-16(18(3)27(32)33)7-8-17(2)21-11-12-23-20-9-10-22-19(4)24(30)13-14-28(22,5)26(20)25(31)15-29(21,23)6/h12,17-19,21-22H,1,7-11,13-15H2,2-6H3,(H,32,33)/t17-,18-,19+,21-,22+,28+,29-/m1/s1. The summed E-state index contributed by atoms with van der Waals surface area (Å²) in [6.45, 7) is 14.6. The number of carbonyl (C=O) groups is 3. The minimum absolute atomic E-state index is 0.0468. The van der Waals surface area contributed by atoms with E-state index < -0.39 is 11.9 Å². The Bertz CT molecular complexity index is 968. The maximum Gasteiger partial charge on any atom is 0.310 e. The highest BCUT2D eigenvalue weighted by atomic mass is 16.4. The van der Waals surface area contributed by atoms with Crippen LogP contribution in [0.3, 0.4) is 0 Å². The van der Waals surface area contributed by atoms with Crippen LogP contribution < -0.4 is 0 Å². The van der Waals surface area contributed by atoms with Gasteiger partial charge in [-0.3, -0.25) is 14.4 Å². The molecule has 0 amide bonds. The molecule has 4 aliphatic rings. The van der Waals surface area contributed by atoms with Crippen LogP contribution >= 0.6 is 0 Å². The van der Waals surface area contributed by atoms with Gasteiger partial charge in [-0.05, 0) is 74.3 Å². The number of allylic oxidation sites excluding steroid dienone is 4. The molecule has 1 saturated carbocycles. The van der Waals surface area contributed by atoms with Crippen molar-refractivity contribution in [2.75, 3.05) is 0 Å². The molecule has 0 aliphatic heterocycles. The first-order valence-electron chi connectivity index (χ1n) is 12.8. The summed E-state index contributed by atoms with van der Waals surface area (Å²) in [5.74, 6) is 0.435. The number of hydrogen-bond donors (Lipinski definition) is 1. The van der Waals surface area contributed by atoms with Gasteiger partial charge in [-0.1, -0.05) is 45.9 Å². The van der Waals surface area contributed by atoms with E-state index in [2.05, 4.69) is 40.3 Å². The van der Waals surface area contributed by atoms with Crippen LogP contribution in [0.1, 0.15) is 86.0 Å². The number of Topliss-reactive ketones (excluding diaryl/α,β-unsaturated/α-hetero) is 2. The predicted octanol–water partition coefficient (Wildman–Crippen LogP) is 6.32. The van der Waals surface area contributed by atoms with E-state index in [1.54, 1.807) is 6.92 Å². The van der Waals surface area contributed by atoms with E-state index in [0.29, 0.717) is 42.7 Å². The van der Waals surface area contributed by atoms with Crippen LogP contribution in [0.25, 0.3) is 0 Å². The Morgan fingerprint density at radius 1 is 1.21 bits per heavy atom. The van der Waals surface area contributed by atoms with Crippen molar-refractivity contribution in [1.29, 1.82) is 0 Å². The lowest BCUT2D eigenvalue weighted by Crippen LogP contribution is -2.49. The third kappa shape index (κ3) is 3.68. The third-order valence-corrected chi connectivity index (χ3v) is 10.1. The van der Waals surface area contributed by atoms with Gasteiger partial charge in [-0.2, -0.15) is 0 Å². The number of carboxylic acid groups (broad SMARTS) is 1. The van der Waals surface area contributed by atoms with Crippen LogP contribution in [0, 0.1) is 40.4 Å². The lowest BCUT2D eigenvalue weighted by Gasteiger charge is -2.53. The van der Waals surface area contributed by atoms with E-state index >= 15 is 0 Å². The summed E-state index contributed by atoms with van der Waals surface area (Å²) in [5, 5.41) is 9.27. The third-order valence-electron chi connectivity index (χ3n) is 10.1. The molecule has 0 heterocycles. The Balaban J connectivity index is 1.58. The molecule has 0 aromatic rings. The van der Waals surface area contributed by atoms with E-state index in [-0.39, 0.29) is 22.7 Å². The van der Waals surface area contributed by atoms with E-state index in [1.165, 1.54) is 11.1 Å². The second kappa shape index (κ2) is 8.36. The molecule has 0 unspecified atom stereocenters. The van der Waals surface area contributed by atoms with E-state index in [4.69, 9.17) is 0 Å². The van der Waals surface area contributed by atoms with Crippen LogP contribution in [0.5, 0.6) is 0 Å². The molecule has 4 rings (SSSR count). The number of ketones is 2. The van der Waals surface area contributed by atoms with Gasteiger partial charge in [0.2, 0.25) is 0 Å².